The van der Waals surface area contributed by atoms with Gasteiger partial charge in [-0.3, -0.25) is 9.69 Å². The van der Waals surface area contributed by atoms with E-state index in [0.717, 1.165) is 52.2 Å². The second-order valence-corrected chi connectivity index (χ2v) is 6.53. The molecule has 1 unspecified atom stereocenters. The number of piperidine rings is 1. The van der Waals surface area contributed by atoms with Crippen LogP contribution in [0.5, 0.6) is 0 Å². The van der Waals surface area contributed by atoms with Crippen molar-refractivity contribution in [2.45, 2.75) is 12.8 Å². The van der Waals surface area contributed by atoms with E-state index in [0.29, 0.717) is 18.9 Å². The van der Waals surface area contributed by atoms with Crippen molar-refractivity contribution in [3.63, 3.8) is 0 Å². The summed E-state index contributed by atoms with van der Waals surface area (Å²) < 4.78 is 16.1. The number of ether oxygens (including phenoxy) is 2. The average Bonchev–Trinajstić information content (AvgIpc) is 3.03. The average molecular weight is 323 g/mol. The summed E-state index contributed by atoms with van der Waals surface area (Å²) in [6, 6.07) is 1.62. The molecule has 0 N–H and O–H groups in total. The molecule has 2 fully saturated rings. The van der Waals surface area contributed by atoms with Gasteiger partial charge in [0.2, 0.25) is 5.76 Å². The minimum absolute atomic E-state index is 0.00181. The predicted octanol–water partition coefficient (Wildman–Crippen LogP) is 0.876. The maximum atomic E-state index is 12.5. The van der Waals surface area contributed by atoms with E-state index in [9.17, 15) is 4.79 Å². The Kier molecular flexibility index (Phi) is 5.30. The Morgan fingerprint density at radius 3 is 3.13 bits per heavy atom. The lowest BCUT2D eigenvalue weighted by Gasteiger charge is -2.43. The lowest BCUT2D eigenvalue weighted by molar-refractivity contribution is 0.00473. The molecule has 2 aliphatic rings. The third-order valence-corrected chi connectivity index (χ3v) is 4.73. The van der Waals surface area contributed by atoms with E-state index in [1.165, 1.54) is 6.20 Å². The van der Waals surface area contributed by atoms with Crippen molar-refractivity contribution in [3.8, 4) is 0 Å². The first-order valence-electron chi connectivity index (χ1n) is 8.21. The number of carbonyl (C=O) groups excluding carboxylic acids is 1. The lowest BCUT2D eigenvalue weighted by atomic mass is 9.80. The van der Waals surface area contributed by atoms with Crippen molar-refractivity contribution in [1.29, 1.82) is 0 Å². The fourth-order valence-electron chi connectivity index (χ4n) is 3.60. The molecule has 0 saturated carbocycles. The Labute approximate surface area is 136 Å². The van der Waals surface area contributed by atoms with Crippen LogP contribution in [-0.4, -0.2) is 80.5 Å². The van der Waals surface area contributed by atoms with Crippen molar-refractivity contribution < 1.29 is 18.8 Å². The van der Waals surface area contributed by atoms with E-state index in [-0.39, 0.29) is 11.3 Å². The number of carbonyl (C=O) groups is 1. The molecule has 1 atom stereocenters. The van der Waals surface area contributed by atoms with Crippen LogP contribution in [0.1, 0.15) is 23.4 Å². The van der Waals surface area contributed by atoms with Crippen molar-refractivity contribution in [1.82, 2.24) is 15.0 Å². The van der Waals surface area contributed by atoms with Gasteiger partial charge in [0.1, 0.15) is 0 Å². The molecule has 1 aromatic rings. The summed E-state index contributed by atoms with van der Waals surface area (Å²) in [6.45, 7) is 6.39. The molecular weight excluding hydrogens is 298 g/mol. The van der Waals surface area contributed by atoms with E-state index in [2.05, 4.69) is 10.1 Å². The number of methoxy groups -OCH3 is 1. The van der Waals surface area contributed by atoms with Crippen LogP contribution in [0.2, 0.25) is 0 Å². The maximum Gasteiger partial charge on any atom is 0.292 e. The van der Waals surface area contributed by atoms with Gasteiger partial charge in [-0.1, -0.05) is 5.16 Å². The quantitative estimate of drug-likeness (QED) is 0.819. The molecule has 0 radical (unpaired) electrons. The minimum Gasteiger partial charge on any atom is -0.383 e. The van der Waals surface area contributed by atoms with Crippen LogP contribution in [-0.2, 0) is 9.47 Å². The standard InChI is InChI=1S/C16H25N3O4/c1-21-9-7-18-8-10-22-13-16(11-18)4-2-6-19(12-16)15(20)14-3-5-17-23-14/h3,5H,2,4,6-13H2,1H3. The molecule has 128 valence electrons. The number of rotatable bonds is 4. The van der Waals surface area contributed by atoms with Crippen LogP contribution in [0.3, 0.4) is 0 Å². The number of amides is 1. The fourth-order valence-corrected chi connectivity index (χ4v) is 3.60. The Morgan fingerprint density at radius 2 is 2.35 bits per heavy atom. The zero-order chi connectivity index (χ0) is 16.1. The molecule has 7 heteroatoms. The Bertz CT molecular complexity index is 507. The molecule has 0 aromatic carbocycles. The first-order valence-corrected chi connectivity index (χ1v) is 8.21. The maximum absolute atomic E-state index is 12.5. The van der Waals surface area contributed by atoms with Crippen LogP contribution in [0.4, 0.5) is 0 Å². The summed E-state index contributed by atoms with van der Waals surface area (Å²) in [5.74, 6) is 0.238. The highest BCUT2D eigenvalue weighted by Crippen LogP contribution is 2.33. The molecule has 1 amide bonds. The summed E-state index contributed by atoms with van der Waals surface area (Å²) in [5.41, 5.74) is -0.00181. The van der Waals surface area contributed by atoms with Gasteiger partial charge in [-0.25, -0.2) is 0 Å². The van der Waals surface area contributed by atoms with Gasteiger partial charge < -0.3 is 18.9 Å². The molecule has 1 spiro atoms. The molecule has 2 aliphatic heterocycles. The smallest absolute Gasteiger partial charge is 0.292 e. The highest BCUT2D eigenvalue weighted by atomic mass is 16.5. The normalized spacial score (nSPS) is 26.4. The van der Waals surface area contributed by atoms with Crippen LogP contribution in [0.15, 0.2) is 16.8 Å². The summed E-state index contributed by atoms with van der Waals surface area (Å²) in [7, 11) is 1.72. The summed E-state index contributed by atoms with van der Waals surface area (Å²) >= 11 is 0. The van der Waals surface area contributed by atoms with E-state index in [1.54, 1.807) is 13.2 Å². The molecule has 3 heterocycles. The SMILES string of the molecule is COCCN1CCOCC2(CCCN(C(=O)c3ccno3)C2)C1. The Morgan fingerprint density at radius 1 is 1.43 bits per heavy atom. The van der Waals surface area contributed by atoms with Gasteiger partial charge in [0.15, 0.2) is 0 Å². The van der Waals surface area contributed by atoms with Gasteiger partial charge in [-0.15, -0.1) is 0 Å². The molecule has 3 rings (SSSR count). The second kappa shape index (κ2) is 7.42. The zero-order valence-electron chi connectivity index (χ0n) is 13.7. The molecule has 2 saturated heterocycles. The third kappa shape index (κ3) is 3.91. The van der Waals surface area contributed by atoms with Crippen LogP contribution in [0.25, 0.3) is 0 Å². The summed E-state index contributed by atoms with van der Waals surface area (Å²) in [6.07, 6.45) is 3.58. The van der Waals surface area contributed by atoms with E-state index >= 15 is 0 Å². The molecule has 7 nitrogen and oxygen atoms in total. The van der Waals surface area contributed by atoms with E-state index < -0.39 is 0 Å². The molecule has 0 bridgehead atoms. The Balaban J connectivity index is 1.68. The van der Waals surface area contributed by atoms with Crippen LogP contribution < -0.4 is 0 Å². The van der Waals surface area contributed by atoms with E-state index in [1.807, 2.05) is 4.90 Å². The fraction of sp³-hybridized carbons (Fsp3) is 0.750. The number of hydrogen-bond acceptors (Lipinski definition) is 6. The van der Waals surface area contributed by atoms with Crippen molar-refractivity contribution in [3.05, 3.63) is 18.0 Å². The predicted molar refractivity (Wildman–Crippen MR) is 83.2 cm³/mol. The zero-order valence-corrected chi connectivity index (χ0v) is 13.7. The number of nitrogens with zero attached hydrogens (tertiary/aromatic N) is 3. The van der Waals surface area contributed by atoms with Gasteiger partial charge in [-0.2, -0.15) is 0 Å². The Hall–Kier alpha value is -1.44. The van der Waals surface area contributed by atoms with Gasteiger partial charge >= 0.3 is 0 Å². The monoisotopic (exact) mass is 323 g/mol. The lowest BCUT2D eigenvalue weighted by Crippen LogP contribution is -2.52. The van der Waals surface area contributed by atoms with Crippen LogP contribution in [0, 0.1) is 5.41 Å². The molecule has 1 aromatic heterocycles. The molecule has 0 aliphatic carbocycles. The van der Waals surface area contributed by atoms with Crippen LogP contribution >= 0.6 is 0 Å². The first kappa shape index (κ1) is 16.4. The van der Waals surface area contributed by atoms with Crippen molar-refractivity contribution in [2.24, 2.45) is 5.41 Å². The summed E-state index contributed by atoms with van der Waals surface area (Å²) in [4.78, 5) is 16.8. The van der Waals surface area contributed by atoms with Crippen molar-refractivity contribution >= 4 is 5.91 Å². The number of hydrogen-bond donors (Lipinski definition) is 0. The third-order valence-electron chi connectivity index (χ3n) is 4.73. The van der Waals surface area contributed by atoms with Gasteiger partial charge in [0.05, 0.1) is 26.0 Å². The highest BCUT2D eigenvalue weighted by molar-refractivity contribution is 5.91. The highest BCUT2D eigenvalue weighted by Gasteiger charge is 2.40. The second-order valence-electron chi connectivity index (χ2n) is 6.53. The largest absolute Gasteiger partial charge is 0.383 e. The minimum atomic E-state index is -0.0748. The van der Waals surface area contributed by atoms with Gasteiger partial charge in [0.25, 0.3) is 5.91 Å². The number of likely N-dealkylation sites (tertiary alicyclic amines) is 1. The molecular formula is C16H25N3O4. The van der Waals surface area contributed by atoms with E-state index in [4.69, 9.17) is 14.0 Å². The number of aromatic nitrogens is 1. The van der Waals surface area contributed by atoms with Gasteiger partial charge in [0, 0.05) is 51.3 Å². The topological polar surface area (TPSA) is 68.0 Å². The van der Waals surface area contributed by atoms with Gasteiger partial charge in [-0.05, 0) is 12.8 Å². The molecule has 23 heavy (non-hydrogen) atoms. The summed E-state index contributed by atoms with van der Waals surface area (Å²) in [5, 5.41) is 3.63. The van der Waals surface area contributed by atoms with Crippen molar-refractivity contribution in [2.75, 3.05) is 59.7 Å². The first-order chi connectivity index (χ1) is 11.2.